The summed E-state index contributed by atoms with van der Waals surface area (Å²) in [7, 11) is 0. The zero-order chi connectivity index (χ0) is 21.1. The van der Waals surface area contributed by atoms with Gasteiger partial charge in [0.05, 0.1) is 12.6 Å². The molecule has 1 amide bonds. The Morgan fingerprint density at radius 1 is 1.21 bits per heavy atom. The van der Waals surface area contributed by atoms with Crippen molar-refractivity contribution in [3.05, 3.63) is 53.9 Å². The van der Waals surface area contributed by atoms with Gasteiger partial charge in [-0.3, -0.25) is 4.79 Å². The minimum atomic E-state index is -4.75. The first-order valence-electron chi connectivity index (χ1n) is 8.72. The molecular formula is C19H18F3N3O4. The van der Waals surface area contributed by atoms with Crippen LogP contribution in [-0.2, 0) is 10.4 Å². The Morgan fingerprint density at radius 3 is 2.48 bits per heavy atom. The molecule has 0 saturated carbocycles. The van der Waals surface area contributed by atoms with Crippen LogP contribution >= 0.6 is 0 Å². The minimum absolute atomic E-state index is 0.255. The average Bonchev–Trinajstić information content (AvgIpc) is 3.03. The third kappa shape index (κ3) is 5.15. The molecule has 0 spiro atoms. The Labute approximate surface area is 164 Å². The highest BCUT2D eigenvalue weighted by molar-refractivity contribution is 5.92. The lowest BCUT2D eigenvalue weighted by molar-refractivity contribution is -0.274. The lowest BCUT2D eigenvalue weighted by Crippen LogP contribution is -2.24. The quantitative estimate of drug-likeness (QED) is 0.813. The number of hydrogen-bond acceptors (Lipinski definition) is 6. The number of carbonyl (C=O) groups excluding carboxylic acids is 1. The van der Waals surface area contributed by atoms with Crippen LogP contribution in [-0.4, -0.2) is 29.7 Å². The Balaban J connectivity index is 1.62. The van der Waals surface area contributed by atoms with Crippen molar-refractivity contribution in [3.63, 3.8) is 0 Å². The number of alkyl halides is 3. The second-order valence-electron chi connectivity index (χ2n) is 6.40. The molecule has 10 heteroatoms. The third-order valence-corrected chi connectivity index (χ3v) is 4.08. The van der Waals surface area contributed by atoms with Gasteiger partial charge in [0.2, 0.25) is 5.90 Å². The highest BCUT2D eigenvalue weighted by Crippen LogP contribution is 2.36. The summed E-state index contributed by atoms with van der Waals surface area (Å²) in [4.78, 5) is 21.2. The van der Waals surface area contributed by atoms with Gasteiger partial charge in [-0.05, 0) is 43.7 Å². The maximum atomic E-state index is 12.3. The number of rotatable bonds is 5. The van der Waals surface area contributed by atoms with E-state index in [1.165, 1.54) is 36.5 Å². The van der Waals surface area contributed by atoms with E-state index in [2.05, 4.69) is 20.2 Å². The monoisotopic (exact) mass is 409 g/mol. The molecule has 3 rings (SSSR count). The van der Waals surface area contributed by atoms with Crippen molar-refractivity contribution >= 4 is 11.8 Å². The predicted octanol–water partition coefficient (Wildman–Crippen LogP) is 3.76. The van der Waals surface area contributed by atoms with E-state index in [1.807, 2.05) is 6.92 Å². The van der Waals surface area contributed by atoms with Crippen molar-refractivity contribution in [2.45, 2.75) is 32.2 Å². The lowest BCUT2D eigenvalue weighted by atomic mass is 9.93. The topological polar surface area (TPSA) is 82.0 Å². The molecule has 0 bridgehead atoms. The summed E-state index contributed by atoms with van der Waals surface area (Å²) in [5, 5.41) is 6.55. The fourth-order valence-corrected chi connectivity index (χ4v) is 2.69. The second kappa shape index (κ2) is 7.98. The SMILES string of the molecule is CCNC(=O)c1ccc(OC2=NO[C@@](C)(c3ccc(OC(F)(F)F)cc3)C2)cn1. The van der Waals surface area contributed by atoms with E-state index in [1.54, 1.807) is 13.0 Å². The summed E-state index contributed by atoms with van der Waals surface area (Å²) >= 11 is 0. The van der Waals surface area contributed by atoms with E-state index in [0.717, 1.165) is 0 Å². The molecular weight excluding hydrogens is 391 g/mol. The molecule has 1 N–H and O–H groups in total. The van der Waals surface area contributed by atoms with Crippen LogP contribution in [0.4, 0.5) is 13.2 Å². The van der Waals surface area contributed by atoms with Gasteiger partial charge in [-0.25, -0.2) is 4.98 Å². The number of nitrogens with zero attached hydrogens (tertiary/aromatic N) is 2. The molecule has 0 fully saturated rings. The molecule has 1 aromatic carbocycles. The molecule has 0 radical (unpaired) electrons. The molecule has 2 aromatic rings. The van der Waals surface area contributed by atoms with E-state index < -0.39 is 12.0 Å². The fraction of sp³-hybridized carbons (Fsp3) is 0.316. The standard InChI is InChI=1S/C19H18F3N3O4/c1-3-23-17(26)15-9-8-14(11-24-15)27-16-10-18(2,29-25-16)12-4-6-13(7-5-12)28-19(20,21)22/h4-9,11H,3,10H2,1-2H3,(H,23,26)/t18-/m1/s1. The van der Waals surface area contributed by atoms with Gasteiger partial charge in [-0.1, -0.05) is 17.3 Å². The molecule has 0 aliphatic carbocycles. The minimum Gasteiger partial charge on any atom is -0.438 e. The molecule has 29 heavy (non-hydrogen) atoms. The van der Waals surface area contributed by atoms with Crippen molar-refractivity contribution in [1.29, 1.82) is 0 Å². The summed E-state index contributed by atoms with van der Waals surface area (Å²) in [5.74, 6) is 0.0406. The number of hydrogen-bond donors (Lipinski definition) is 1. The number of ether oxygens (including phenoxy) is 2. The summed E-state index contributed by atoms with van der Waals surface area (Å²) in [6.07, 6.45) is -3.10. The molecule has 1 aliphatic heterocycles. The second-order valence-corrected chi connectivity index (χ2v) is 6.40. The van der Waals surface area contributed by atoms with Crippen molar-refractivity contribution in [2.75, 3.05) is 6.54 Å². The Bertz CT molecular complexity index is 898. The smallest absolute Gasteiger partial charge is 0.438 e. The van der Waals surface area contributed by atoms with E-state index in [9.17, 15) is 18.0 Å². The predicted molar refractivity (Wildman–Crippen MR) is 96.5 cm³/mol. The first kappa shape index (κ1) is 20.4. The average molecular weight is 409 g/mol. The van der Waals surface area contributed by atoms with Gasteiger partial charge in [0, 0.05) is 6.54 Å². The van der Waals surface area contributed by atoms with Crippen molar-refractivity contribution in [1.82, 2.24) is 10.3 Å². The molecule has 0 unspecified atom stereocenters. The molecule has 1 atom stereocenters. The number of benzene rings is 1. The number of carbonyl (C=O) groups is 1. The maximum absolute atomic E-state index is 12.3. The van der Waals surface area contributed by atoms with E-state index in [-0.39, 0.29) is 29.7 Å². The van der Waals surface area contributed by atoms with Gasteiger partial charge in [0.1, 0.15) is 17.2 Å². The summed E-state index contributed by atoms with van der Waals surface area (Å²) < 4.78 is 46.3. The molecule has 1 aliphatic rings. The molecule has 154 valence electrons. The molecule has 1 aromatic heterocycles. The molecule has 2 heterocycles. The third-order valence-electron chi connectivity index (χ3n) is 4.08. The van der Waals surface area contributed by atoms with Crippen molar-refractivity contribution in [3.8, 4) is 11.5 Å². The van der Waals surface area contributed by atoms with Gasteiger partial charge < -0.3 is 19.6 Å². The van der Waals surface area contributed by atoms with Crippen LogP contribution in [0.1, 0.15) is 36.3 Å². The number of oxime groups is 1. The molecule has 7 nitrogen and oxygen atoms in total. The normalized spacial score (nSPS) is 18.6. The summed E-state index contributed by atoms with van der Waals surface area (Å²) in [6.45, 7) is 4.04. The van der Waals surface area contributed by atoms with Crippen molar-refractivity contribution < 1.29 is 32.3 Å². The first-order chi connectivity index (χ1) is 13.7. The van der Waals surface area contributed by atoms with Crippen LogP contribution in [0.5, 0.6) is 11.5 Å². The van der Waals surface area contributed by atoms with E-state index in [4.69, 9.17) is 9.57 Å². The van der Waals surface area contributed by atoms with Gasteiger partial charge in [-0.2, -0.15) is 0 Å². The fourth-order valence-electron chi connectivity index (χ4n) is 2.69. The lowest BCUT2D eigenvalue weighted by Gasteiger charge is -2.21. The van der Waals surface area contributed by atoms with E-state index >= 15 is 0 Å². The number of amides is 1. The summed E-state index contributed by atoms with van der Waals surface area (Å²) in [6, 6.07) is 8.47. The Morgan fingerprint density at radius 2 is 1.90 bits per heavy atom. The number of pyridine rings is 1. The van der Waals surface area contributed by atoms with Crippen LogP contribution in [0.25, 0.3) is 0 Å². The molecule has 0 saturated heterocycles. The number of aromatic nitrogens is 1. The Kier molecular flexibility index (Phi) is 5.62. The van der Waals surface area contributed by atoms with Gasteiger partial charge in [0.25, 0.3) is 5.91 Å². The maximum Gasteiger partial charge on any atom is 0.573 e. The first-order valence-corrected chi connectivity index (χ1v) is 8.72. The van der Waals surface area contributed by atoms with Gasteiger partial charge in [0.15, 0.2) is 5.60 Å². The summed E-state index contributed by atoms with van der Waals surface area (Å²) in [5.41, 5.74) is -0.0330. The van der Waals surface area contributed by atoms with Crippen molar-refractivity contribution in [2.24, 2.45) is 5.16 Å². The highest BCUT2D eigenvalue weighted by Gasteiger charge is 2.38. The van der Waals surface area contributed by atoms with Gasteiger partial charge in [-0.15, -0.1) is 13.2 Å². The van der Waals surface area contributed by atoms with Crippen LogP contribution in [0.3, 0.4) is 0 Å². The van der Waals surface area contributed by atoms with Crippen LogP contribution in [0, 0.1) is 0 Å². The van der Waals surface area contributed by atoms with Gasteiger partial charge >= 0.3 is 6.36 Å². The van der Waals surface area contributed by atoms with Crippen LogP contribution < -0.4 is 14.8 Å². The van der Waals surface area contributed by atoms with E-state index in [0.29, 0.717) is 17.9 Å². The largest absolute Gasteiger partial charge is 0.573 e. The zero-order valence-electron chi connectivity index (χ0n) is 15.6. The number of nitrogens with one attached hydrogen (secondary N) is 1. The highest BCUT2D eigenvalue weighted by atomic mass is 19.4. The van der Waals surface area contributed by atoms with Crippen LogP contribution in [0.15, 0.2) is 47.8 Å². The van der Waals surface area contributed by atoms with Crippen LogP contribution in [0.2, 0.25) is 0 Å². The Hall–Kier alpha value is -3.30. The number of halogens is 3. The zero-order valence-corrected chi connectivity index (χ0v) is 15.6.